The van der Waals surface area contributed by atoms with Crippen molar-refractivity contribution in [2.24, 2.45) is 0 Å². The third-order valence-corrected chi connectivity index (χ3v) is 5.71. The van der Waals surface area contributed by atoms with Crippen LogP contribution in [0.25, 0.3) is 0 Å². The van der Waals surface area contributed by atoms with Crippen LogP contribution in [0.1, 0.15) is 74.3 Å². The van der Waals surface area contributed by atoms with Crippen LogP contribution in [-0.2, 0) is 6.54 Å². The molecular weight excluding hydrogens is 421 g/mol. The number of rotatable bonds is 4. The Balaban J connectivity index is 0.000000357. The Morgan fingerprint density at radius 3 is 2.28 bits per heavy atom. The number of nitrogens with zero attached hydrogens (tertiary/aromatic N) is 3. The molecule has 3 aromatic rings. The Morgan fingerprint density at radius 1 is 1.06 bits per heavy atom. The summed E-state index contributed by atoms with van der Waals surface area (Å²) in [5.74, 6) is -0.132. The van der Waals surface area contributed by atoms with E-state index in [1.165, 1.54) is 25.3 Å². The molecular formula is C26H38FN3OS. The first-order chi connectivity index (χ1) is 15.6. The van der Waals surface area contributed by atoms with Crippen molar-refractivity contribution in [2.75, 3.05) is 18.0 Å². The van der Waals surface area contributed by atoms with E-state index in [9.17, 15) is 9.18 Å². The molecule has 4 nitrogen and oxygen atoms in total. The second-order valence-corrected chi connectivity index (χ2v) is 7.94. The maximum atomic E-state index is 12.3. The smallest absolute Gasteiger partial charge is 0.185 e. The largest absolute Gasteiger partial charge is 0.348 e. The number of anilines is 1. The van der Waals surface area contributed by atoms with Crippen molar-refractivity contribution in [3.05, 3.63) is 70.2 Å². The SMILES string of the molecule is CC.CC.Cc1cc(C=O)n(Cc2csc(N3CCCCC3)n2)c1.Cc1ccccc1F. The summed E-state index contributed by atoms with van der Waals surface area (Å²) in [4.78, 5) is 18.1. The van der Waals surface area contributed by atoms with Crippen LogP contribution in [0.3, 0.4) is 0 Å². The van der Waals surface area contributed by atoms with Gasteiger partial charge < -0.3 is 9.47 Å². The zero-order valence-electron chi connectivity index (χ0n) is 20.4. The Labute approximate surface area is 197 Å². The number of carbonyl (C=O) groups excluding carboxylic acids is 1. The minimum Gasteiger partial charge on any atom is -0.348 e. The lowest BCUT2D eigenvalue weighted by Crippen LogP contribution is -2.29. The van der Waals surface area contributed by atoms with Crippen LogP contribution in [0, 0.1) is 19.7 Å². The zero-order valence-corrected chi connectivity index (χ0v) is 21.2. The number of aryl methyl sites for hydroxylation is 2. The summed E-state index contributed by atoms with van der Waals surface area (Å²) >= 11 is 1.71. The number of aldehydes is 1. The minimum atomic E-state index is -0.132. The molecule has 3 heterocycles. The molecule has 2 aromatic heterocycles. The Kier molecular flexibility index (Phi) is 13.2. The lowest BCUT2D eigenvalue weighted by atomic mass is 10.1. The van der Waals surface area contributed by atoms with E-state index in [1.807, 2.05) is 57.5 Å². The predicted molar refractivity (Wildman–Crippen MR) is 136 cm³/mol. The Hall–Kier alpha value is -2.47. The number of thiazole rings is 1. The molecule has 0 spiro atoms. The molecule has 0 saturated carbocycles. The van der Waals surface area contributed by atoms with Crippen molar-refractivity contribution in [2.45, 2.75) is 67.3 Å². The minimum absolute atomic E-state index is 0.132. The van der Waals surface area contributed by atoms with Crippen LogP contribution in [0.2, 0.25) is 0 Å². The summed E-state index contributed by atoms with van der Waals surface area (Å²) < 4.78 is 14.3. The number of hydrogen-bond acceptors (Lipinski definition) is 4. The van der Waals surface area contributed by atoms with Gasteiger partial charge in [-0.1, -0.05) is 45.9 Å². The van der Waals surface area contributed by atoms with Crippen LogP contribution >= 0.6 is 11.3 Å². The first-order valence-corrected chi connectivity index (χ1v) is 12.5. The van der Waals surface area contributed by atoms with Crippen molar-refractivity contribution in [3.8, 4) is 0 Å². The molecule has 1 aliphatic rings. The van der Waals surface area contributed by atoms with Crippen molar-refractivity contribution < 1.29 is 9.18 Å². The summed E-state index contributed by atoms with van der Waals surface area (Å²) in [6.45, 7) is 14.7. The third-order valence-electron chi connectivity index (χ3n) is 4.76. The maximum absolute atomic E-state index is 12.3. The maximum Gasteiger partial charge on any atom is 0.185 e. The number of carbonyl (C=O) groups is 1. The summed E-state index contributed by atoms with van der Waals surface area (Å²) in [6, 6.07) is 8.61. The molecule has 6 heteroatoms. The molecule has 1 saturated heterocycles. The highest BCUT2D eigenvalue weighted by atomic mass is 32.1. The molecule has 0 aliphatic carbocycles. The molecule has 1 aromatic carbocycles. The van der Waals surface area contributed by atoms with Gasteiger partial charge in [-0.25, -0.2) is 9.37 Å². The van der Waals surface area contributed by atoms with E-state index in [0.717, 1.165) is 41.5 Å². The average molecular weight is 460 g/mol. The van der Waals surface area contributed by atoms with Gasteiger partial charge in [0, 0.05) is 24.7 Å². The quantitative estimate of drug-likeness (QED) is 0.384. The summed E-state index contributed by atoms with van der Waals surface area (Å²) in [5.41, 5.74) is 3.57. The molecule has 176 valence electrons. The van der Waals surface area contributed by atoms with Crippen LogP contribution in [-0.4, -0.2) is 28.9 Å². The second kappa shape index (κ2) is 15.4. The van der Waals surface area contributed by atoms with Crippen LogP contribution in [0.4, 0.5) is 9.52 Å². The molecule has 4 rings (SSSR count). The Morgan fingerprint density at radius 2 is 1.72 bits per heavy atom. The number of hydrogen-bond donors (Lipinski definition) is 0. The van der Waals surface area contributed by atoms with Crippen LogP contribution in [0.5, 0.6) is 0 Å². The first-order valence-electron chi connectivity index (χ1n) is 11.6. The van der Waals surface area contributed by atoms with Gasteiger partial charge in [-0.15, -0.1) is 11.3 Å². The van der Waals surface area contributed by atoms with E-state index in [2.05, 4.69) is 10.3 Å². The van der Waals surface area contributed by atoms with Gasteiger partial charge in [-0.05, 0) is 56.4 Å². The highest BCUT2D eigenvalue weighted by Crippen LogP contribution is 2.24. The lowest BCUT2D eigenvalue weighted by Gasteiger charge is -2.25. The normalized spacial score (nSPS) is 12.4. The highest BCUT2D eigenvalue weighted by molar-refractivity contribution is 7.13. The highest BCUT2D eigenvalue weighted by Gasteiger charge is 2.14. The molecule has 0 amide bonds. The topological polar surface area (TPSA) is 38.1 Å². The van der Waals surface area contributed by atoms with E-state index in [1.54, 1.807) is 30.4 Å². The number of halogens is 1. The van der Waals surface area contributed by atoms with Gasteiger partial charge in [-0.2, -0.15) is 0 Å². The molecule has 0 unspecified atom stereocenters. The molecule has 0 atom stereocenters. The standard InChI is InChI=1S/C15H19N3OS.C7H7F.2C2H6/c1-12-7-14(10-19)18(8-12)9-13-11-20-15(16-13)17-5-3-2-4-6-17;1-6-4-2-3-5-7(6)8;2*1-2/h7-8,10-11H,2-6,9H2,1H3;2-5H,1H3;2*1-2H3. The Bertz CT molecular complexity index is 892. The molecule has 32 heavy (non-hydrogen) atoms. The van der Waals surface area contributed by atoms with Gasteiger partial charge in [-0.3, -0.25) is 4.79 Å². The zero-order chi connectivity index (χ0) is 23.9. The van der Waals surface area contributed by atoms with Gasteiger partial charge >= 0.3 is 0 Å². The van der Waals surface area contributed by atoms with Gasteiger partial charge in [0.2, 0.25) is 0 Å². The summed E-state index contributed by atoms with van der Waals surface area (Å²) in [5, 5.41) is 3.23. The predicted octanol–water partition coefficient (Wildman–Crippen LogP) is 7.29. The van der Waals surface area contributed by atoms with Crippen molar-refractivity contribution in [1.82, 2.24) is 9.55 Å². The summed E-state index contributed by atoms with van der Waals surface area (Å²) in [6.07, 6.45) is 6.77. The fourth-order valence-corrected chi connectivity index (χ4v) is 4.11. The molecule has 0 radical (unpaired) electrons. The number of piperidine rings is 1. The number of aromatic nitrogens is 2. The van der Waals surface area contributed by atoms with Gasteiger partial charge in [0.1, 0.15) is 5.82 Å². The number of benzene rings is 1. The second-order valence-electron chi connectivity index (χ2n) is 7.11. The molecule has 1 aliphatic heterocycles. The van der Waals surface area contributed by atoms with Crippen molar-refractivity contribution in [1.29, 1.82) is 0 Å². The summed E-state index contributed by atoms with van der Waals surface area (Å²) in [7, 11) is 0. The fourth-order valence-electron chi connectivity index (χ4n) is 3.24. The molecule has 1 fully saturated rings. The average Bonchev–Trinajstić information content (AvgIpc) is 3.46. The fraction of sp³-hybridized carbons (Fsp3) is 0.462. The van der Waals surface area contributed by atoms with Crippen molar-refractivity contribution >= 4 is 22.8 Å². The van der Waals surface area contributed by atoms with E-state index in [4.69, 9.17) is 4.98 Å². The van der Waals surface area contributed by atoms with E-state index < -0.39 is 0 Å². The monoisotopic (exact) mass is 459 g/mol. The van der Waals surface area contributed by atoms with E-state index in [0.29, 0.717) is 12.1 Å². The van der Waals surface area contributed by atoms with Crippen LogP contribution < -0.4 is 4.90 Å². The van der Waals surface area contributed by atoms with E-state index in [-0.39, 0.29) is 5.82 Å². The van der Waals surface area contributed by atoms with E-state index >= 15 is 0 Å². The first kappa shape index (κ1) is 27.6. The van der Waals surface area contributed by atoms with Crippen molar-refractivity contribution in [3.63, 3.8) is 0 Å². The molecule has 0 bridgehead atoms. The lowest BCUT2D eigenvalue weighted by molar-refractivity contribution is 0.111. The van der Waals surface area contributed by atoms with Gasteiger partial charge in [0.05, 0.1) is 17.9 Å². The van der Waals surface area contributed by atoms with Crippen LogP contribution in [0.15, 0.2) is 41.9 Å². The van der Waals surface area contributed by atoms with Gasteiger partial charge in [0.25, 0.3) is 0 Å². The molecule has 0 N–H and O–H groups in total. The third kappa shape index (κ3) is 8.58. The van der Waals surface area contributed by atoms with Gasteiger partial charge in [0.15, 0.2) is 11.4 Å².